The molecule has 2 rings (SSSR count). The van der Waals surface area contributed by atoms with Crippen LogP contribution in [0.3, 0.4) is 0 Å². The van der Waals surface area contributed by atoms with E-state index in [-0.39, 0.29) is 12.1 Å². The van der Waals surface area contributed by atoms with Gasteiger partial charge >= 0.3 is 5.97 Å². The number of ether oxygens (including phenoxy) is 1. The Hall–Kier alpha value is -2.62. The number of aryl methyl sites for hydroxylation is 2. The maximum Gasteiger partial charge on any atom is 0.338 e. The third-order valence-electron chi connectivity index (χ3n) is 4.16. The van der Waals surface area contributed by atoms with Gasteiger partial charge in [-0.15, -0.1) is 0 Å². The first-order valence-corrected chi connectivity index (χ1v) is 8.53. The molecule has 25 heavy (non-hydrogen) atoms. The number of esters is 1. The molecule has 0 saturated heterocycles. The molecule has 0 aliphatic rings. The van der Waals surface area contributed by atoms with Crippen molar-refractivity contribution < 1.29 is 9.53 Å². The van der Waals surface area contributed by atoms with Crippen LogP contribution in [0.5, 0.6) is 0 Å². The Morgan fingerprint density at radius 3 is 2.48 bits per heavy atom. The van der Waals surface area contributed by atoms with Crippen molar-refractivity contribution in [2.45, 2.75) is 33.8 Å². The van der Waals surface area contributed by atoms with Gasteiger partial charge in [-0.25, -0.2) is 9.79 Å². The lowest BCUT2D eigenvalue weighted by atomic mass is 10.1. The molecule has 0 aromatic heterocycles. The van der Waals surface area contributed by atoms with Gasteiger partial charge in [0.2, 0.25) is 0 Å². The molecule has 1 atom stereocenters. The van der Waals surface area contributed by atoms with E-state index in [2.05, 4.69) is 11.9 Å². The lowest BCUT2D eigenvalue weighted by Crippen LogP contribution is -2.14. The smallest absolute Gasteiger partial charge is 0.338 e. The average molecular weight is 338 g/mol. The zero-order valence-corrected chi connectivity index (χ0v) is 15.6. The lowest BCUT2D eigenvalue weighted by molar-refractivity contribution is 0.0338. The van der Waals surface area contributed by atoms with Crippen molar-refractivity contribution >= 4 is 18.0 Å². The van der Waals surface area contributed by atoms with Gasteiger partial charge in [-0.1, -0.05) is 29.8 Å². The topological polar surface area (TPSA) is 41.9 Å². The molecule has 4 heteroatoms. The molecule has 0 N–H and O–H groups in total. The van der Waals surface area contributed by atoms with Crippen molar-refractivity contribution in [2.24, 2.45) is 4.99 Å². The van der Waals surface area contributed by atoms with Crippen LogP contribution in [0.2, 0.25) is 0 Å². The summed E-state index contributed by atoms with van der Waals surface area (Å²) in [6, 6.07) is 13.4. The molecule has 0 fully saturated rings. The quantitative estimate of drug-likeness (QED) is 0.430. The summed E-state index contributed by atoms with van der Waals surface area (Å²) in [7, 11) is 1.97. The fourth-order valence-corrected chi connectivity index (χ4v) is 2.30. The maximum atomic E-state index is 12.4. The minimum absolute atomic E-state index is 0.288. The minimum Gasteiger partial charge on any atom is -0.454 e. The van der Waals surface area contributed by atoms with E-state index >= 15 is 0 Å². The van der Waals surface area contributed by atoms with Crippen LogP contribution < -0.4 is 0 Å². The molecular formula is C21H26N2O2. The van der Waals surface area contributed by atoms with Crippen LogP contribution in [0.25, 0.3) is 0 Å². The van der Waals surface area contributed by atoms with E-state index in [1.54, 1.807) is 12.4 Å². The van der Waals surface area contributed by atoms with Crippen LogP contribution in [0, 0.1) is 13.8 Å². The Morgan fingerprint density at radius 2 is 1.88 bits per heavy atom. The number of aliphatic imine (C=N–C) groups is 1. The molecule has 0 amide bonds. The van der Waals surface area contributed by atoms with Gasteiger partial charge < -0.3 is 9.64 Å². The van der Waals surface area contributed by atoms with E-state index in [9.17, 15) is 4.79 Å². The van der Waals surface area contributed by atoms with Gasteiger partial charge in [-0.3, -0.25) is 0 Å². The largest absolute Gasteiger partial charge is 0.454 e. The number of benzene rings is 2. The fraction of sp³-hybridized carbons (Fsp3) is 0.333. The molecule has 0 saturated carbocycles. The molecule has 1 unspecified atom stereocenters. The fourth-order valence-electron chi connectivity index (χ4n) is 2.30. The summed E-state index contributed by atoms with van der Waals surface area (Å²) in [6.45, 7) is 8.82. The summed E-state index contributed by atoms with van der Waals surface area (Å²) in [6.07, 6.45) is 1.50. The third-order valence-corrected chi connectivity index (χ3v) is 4.16. The highest BCUT2D eigenvalue weighted by Gasteiger charge is 2.14. The van der Waals surface area contributed by atoms with Crippen LogP contribution in [0.15, 0.2) is 47.5 Å². The van der Waals surface area contributed by atoms with E-state index in [1.807, 2.05) is 69.1 Å². The van der Waals surface area contributed by atoms with Gasteiger partial charge in [-0.2, -0.15) is 0 Å². The molecule has 0 spiro atoms. The number of nitrogens with zero attached hydrogens (tertiary/aromatic N) is 2. The van der Waals surface area contributed by atoms with Crippen molar-refractivity contribution in [3.63, 3.8) is 0 Å². The van der Waals surface area contributed by atoms with Crippen molar-refractivity contribution in [1.29, 1.82) is 0 Å². The van der Waals surface area contributed by atoms with Crippen LogP contribution in [0.4, 0.5) is 5.69 Å². The third kappa shape index (κ3) is 5.18. The zero-order valence-electron chi connectivity index (χ0n) is 15.6. The second kappa shape index (κ2) is 8.47. The second-order valence-corrected chi connectivity index (χ2v) is 6.28. The summed E-state index contributed by atoms with van der Waals surface area (Å²) in [5, 5.41) is 0. The first-order valence-electron chi connectivity index (χ1n) is 8.53. The molecular weight excluding hydrogens is 312 g/mol. The van der Waals surface area contributed by atoms with E-state index in [0.29, 0.717) is 5.56 Å². The maximum absolute atomic E-state index is 12.4. The highest BCUT2D eigenvalue weighted by Crippen LogP contribution is 2.23. The van der Waals surface area contributed by atoms with Gasteiger partial charge in [0.15, 0.2) is 0 Å². The standard InChI is InChI=1S/C21H26N2O2/c1-6-23(5)14-22-20-12-11-19(13-16(20)3)21(24)25-17(4)18-9-7-15(2)8-10-18/h7-14,17H,6H2,1-5H3. The number of hydrogen-bond donors (Lipinski definition) is 0. The second-order valence-electron chi connectivity index (χ2n) is 6.28. The van der Waals surface area contributed by atoms with E-state index in [0.717, 1.165) is 23.4 Å². The Bertz CT molecular complexity index is 751. The molecule has 2 aromatic rings. The van der Waals surface area contributed by atoms with E-state index < -0.39 is 0 Å². The van der Waals surface area contributed by atoms with Crippen LogP contribution in [-0.4, -0.2) is 30.8 Å². The summed E-state index contributed by atoms with van der Waals surface area (Å²) in [5.74, 6) is -0.322. The minimum atomic E-state index is -0.322. The molecule has 0 heterocycles. The molecule has 0 bridgehead atoms. The molecule has 132 valence electrons. The summed E-state index contributed by atoms with van der Waals surface area (Å²) < 4.78 is 5.59. The Balaban J connectivity index is 2.08. The van der Waals surface area contributed by atoms with Crippen molar-refractivity contribution in [2.75, 3.05) is 13.6 Å². The highest BCUT2D eigenvalue weighted by atomic mass is 16.5. The van der Waals surface area contributed by atoms with Crippen LogP contribution in [0.1, 0.15) is 47.0 Å². The van der Waals surface area contributed by atoms with Gasteiger partial charge in [0.25, 0.3) is 0 Å². The van der Waals surface area contributed by atoms with Crippen molar-refractivity contribution in [1.82, 2.24) is 4.90 Å². The van der Waals surface area contributed by atoms with E-state index in [1.165, 1.54) is 5.56 Å². The summed E-state index contributed by atoms with van der Waals surface area (Å²) >= 11 is 0. The Morgan fingerprint density at radius 1 is 1.20 bits per heavy atom. The first kappa shape index (κ1) is 18.7. The molecule has 2 aromatic carbocycles. The lowest BCUT2D eigenvalue weighted by Gasteiger charge is -2.14. The average Bonchev–Trinajstić information content (AvgIpc) is 2.60. The summed E-state index contributed by atoms with van der Waals surface area (Å²) in [5.41, 5.74) is 4.50. The molecule has 0 aliphatic carbocycles. The molecule has 4 nitrogen and oxygen atoms in total. The SMILES string of the molecule is CCN(C)C=Nc1ccc(C(=O)OC(C)c2ccc(C)cc2)cc1C. The van der Waals surface area contributed by atoms with Crippen LogP contribution >= 0.6 is 0 Å². The van der Waals surface area contributed by atoms with Gasteiger partial charge in [-0.05, 0) is 57.0 Å². The van der Waals surface area contributed by atoms with Gasteiger partial charge in [0, 0.05) is 13.6 Å². The van der Waals surface area contributed by atoms with Gasteiger partial charge in [0.1, 0.15) is 6.10 Å². The Labute approximate surface area is 150 Å². The number of carbonyl (C=O) groups is 1. The van der Waals surface area contributed by atoms with Crippen LogP contribution in [-0.2, 0) is 4.74 Å². The van der Waals surface area contributed by atoms with Gasteiger partial charge in [0.05, 0.1) is 17.6 Å². The van der Waals surface area contributed by atoms with Crippen molar-refractivity contribution in [3.8, 4) is 0 Å². The first-order chi connectivity index (χ1) is 11.9. The van der Waals surface area contributed by atoms with E-state index in [4.69, 9.17) is 4.74 Å². The monoisotopic (exact) mass is 338 g/mol. The normalized spacial score (nSPS) is 12.2. The number of hydrogen-bond acceptors (Lipinski definition) is 3. The summed E-state index contributed by atoms with van der Waals surface area (Å²) in [4.78, 5) is 18.8. The molecule has 0 aliphatic heterocycles. The zero-order chi connectivity index (χ0) is 18.4. The van der Waals surface area contributed by atoms with Crippen molar-refractivity contribution in [3.05, 3.63) is 64.7 Å². The highest BCUT2D eigenvalue weighted by molar-refractivity contribution is 5.90. The predicted molar refractivity (Wildman–Crippen MR) is 103 cm³/mol. The molecule has 0 radical (unpaired) electrons. The number of rotatable bonds is 6. The Kier molecular flexibility index (Phi) is 6.34. The number of carbonyl (C=O) groups excluding carboxylic acids is 1. The predicted octanol–water partition coefficient (Wildman–Crippen LogP) is 4.83.